The summed E-state index contributed by atoms with van der Waals surface area (Å²) in [5, 5.41) is 0. The monoisotopic (exact) mass is 348 g/mol. The normalized spacial score (nSPS) is 16.7. The maximum absolute atomic E-state index is 12.0. The predicted molar refractivity (Wildman–Crippen MR) is 101 cm³/mol. The number of esters is 1. The number of hydrogen-bond acceptors (Lipinski definition) is 3. The Morgan fingerprint density at radius 2 is 1.92 bits per heavy atom. The molecule has 0 aromatic heterocycles. The molecule has 1 aromatic carbocycles. The summed E-state index contributed by atoms with van der Waals surface area (Å²) in [6.07, 6.45) is 4.92. The minimum Gasteiger partial charge on any atom is -0.482 e. The van der Waals surface area contributed by atoms with Gasteiger partial charge in [-0.3, -0.25) is 0 Å². The quantitative estimate of drug-likeness (QED) is 0.404. The van der Waals surface area contributed by atoms with E-state index in [0.717, 1.165) is 34.3 Å². The third-order valence-electron chi connectivity index (χ3n) is 5.14. The number of ether oxygens (including phenoxy) is 2. The van der Waals surface area contributed by atoms with Crippen LogP contribution in [0.5, 0.6) is 5.75 Å². The van der Waals surface area contributed by atoms with Crippen molar-refractivity contribution in [2.24, 2.45) is 0 Å². The molecule has 4 nitrogen and oxygen atoms in total. The zero-order valence-electron chi connectivity index (χ0n) is 16.3. The van der Waals surface area contributed by atoms with Crippen molar-refractivity contribution in [1.82, 2.24) is 0 Å². The van der Waals surface area contributed by atoms with Gasteiger partial charge >= 0.3 is 5.97 Å². The van der Waals surface area contributed by atoms with Crippen molar-refractivity contribution in [2.75, 3.05) is 39.9 Å². The lowest BCUT2D eigenvalue weighted by Crippen LogP contribution is -2.48. The average Bonchev–Trinajstić information content (AvgIpc) is 2.57. The number of carbonyl (C=O) groups is 1. The van der Waals surface area contributed by atoms with Gasteiger partial charge < -0.3 is 14.0 Å². The molecule has 1 fully saturated rings. The standard InChI is InChI=1S/C21H34NO3/c1-17(2)19-10-9-18(3)15-20(19)25-16-21(23)24-14-8-13-22(4)11-6-5-7-12-22/h9-10,15,17H,5-8,11-14,16H2,1-4H3/q+1. The van der Waals surface area contributed by atoms with E-state index in [1.165, 1.54) is 32.4 Å². The maximum Gasteiger partial charge on any atom is 0.344 e. The van der Waals surface area contributed by atoms with E-state index in [2.05, 4.69) is 33.0 Å². The van der Waals surface area contributed by atoms with Gasteiger partial charge in [0.25, 0.3) is 0 Å². The fourth-order valence-electron chi connectivity index (χ4n) is 3.55. The molecule has 2 rings (SSSR count). The fraction of sp³-hybridized carbons (Fsp3) is 0.667. The first-order valence-electron chi connectivity index (χ1n) is 9.62. The molecule has 1 aromatic rings. The Labute approximate surface area is 152 Å². The predicted octanol–water partition coefficient (Wildman–Crippen LogP) is 4.06. The first-order chi connectivity index (χ1) is 11.9. The van der Waals surface area contributed by atoms with Crippen LogP contribution in [0.3, 0.4) is 0 Å². The molecule has 4 heteroatoms. The highest BCUT2D eigenvalue weighted by Crippen LogP contribution is 2.27. The second-order valence-electron chi connectivity index (χ2n) is 7.91. The SMILES string of the molecule is Cc1ccc(C(C)C)c(OCC(=O)OCCC[N+]2(C)CCCCC2)c1. The summed E-state index contributed by atoms with van der Waals surface area (Å²) in [7, 11) is 2.31. The van der Waals surface area contributed by atoms with Crippen LogP contribution >= 0.6 is 0 Å². The number of quaternary nitrogens is 1. The number of nitrogens with zero attached hydrogens (tertiary/aromatic N) is 1. The van der Waals surface area contributed by atoms with Gasteiger partial charge in [0, 0.05) is 6.42 Å². The highest BCUT2D eigenvalue weighted by molar-refractivity contribution is 5.71. The minimum atomic E-state index is -0.280. The lowest BCUT2D eigenvalue weighted by atomic mass is 10.0. The van der Waals surface area contributed by atoms with Gasteiger partial charge in [-0.1, -0.05) is 26.0 Å². The van der Waals surface area contributed by atoms with E-state index < -0.39 is 0 Å². The van der Waals surface area contributed by atoms with Crippen LogP contribution in [-0.4, -0.2) is 50.3 Å². The molecule has 0 atom stereocenters. The molecule has 0 radical (unpaired) electrons. The van der Waals surface area contributed by atoms with Crippen LogP contribution in [-0.2, 0) is 9.53 Å². The minimum absolute atomic E-state index is 0.0186. The number of rotatable bonds is 8. The molecule has 0 saturated carbocycles. The Hall–Kier alpha value is -1.55. The Balaban J connectivity index is 1.71. The number of hydrogen-bond donors (Lipinski definition) is 0. The van der Waals surface area contributed by atoms with Gasteiger partial charge in [-0.05, 0) is 49.3 Å². The third kappa shape index (κ3) is 6.35. The highest BCUT2D eigenvalue weighted by Gasteiger charge is 2.24. The Kier molecular flexibility index (Phi) is 7.30. The number of likely N-dealkylation sites (tertiary alicyclic amines) is 1. The van der Waals surface area contributed by atoms with Crippen LogP contribution < -0.4 is 4.74 Å². The number of piperidine rings is 1. The molecule has 1 aliphatic rings. The van der Waals surface area contributed by atoms with Crippen LogP contribution in [0.4, 0.5) is 0 Å². The number of aryl methyl sites for hydroxylation is 1. The lowest BCUT2D eigenvalue weighted by molar-refractivity contribution is -0.914. The molecule has 0 aliphatic carbocycles. The van der Waals surface area contributed by atoms with Gasteiger partial charge in [0.05, 0.1) is 33.3 Å². The summed E-state index contributed by atoms with van der Waals surface area (Å²) in [5.41, 5.74) is 2.26. The van der Waals surface area contributed by atoms with E-state index in [1.54, 1.807) is 0 Å². The lowest BCUT2D eigenvalue weighted by Gasteiger charge is -2.37. The summed E-state index contributed by atoms with van der Waals surface area (Å²) in [4.78, 5) is 12.0. The van der Waals surface area contributed by atoms with Gasteiger partial charge in [-0.25, -0.2) is 4.79 Å². The molecule has 0 bridgehead atoms. The van der Waals surface area contributed by atoms with Crippen LogP contribution in [0.1, 0.15) is 56.6 Å². The number of benzene rings is 1. The molecule has 1 saturated heterocycles. The van der Waals surface area contributed by atoms with Gasteiger partial charge in [-0.2, -0.15) is 0 Å². The van der Waals surface area contributed by atoms with Gasteiger partial charge in [0.2, 0.25) is 0 Å². The molecule has 0 unspecified atom stereocenters. The zero-order valence-corrected chi connectivity index (χ0v) is 16.3. The summed E-state index contributed by atoms with van der Waals surface area (Å²) in [6.45, 7) is 10.3. The van der Waals surface area contributed by atoms with E-state index in [1.807, 2.05) is 13.0 Å². The van der Waals surface area contributed by atoms with Crippen LogP contribution in [0.25, 0.3) is 0 Å². The molecular formula is C21H34NO3+. The zero-order chi connectivity index (χ0) is 18.3. The van der Waals surface area contributed by atoms with Crippen LogP contribution in [0.2, 0.25) is 0 Å². The fourth-order valence-corrected chi connectivity index (χ4v) is 3.55. The maximum atomic E-state index is 12.0. The second kappa shape index (κ2) is 9.23. The van der Waals surface area contributed by atoms with Gasteiger partial charge in [0.15, 0.2) is 6.61 Å². The van der Waals surface area contributed by atoms with E-state index in [9.17, 15) is 4.79 Å². The molecule has 0 N–H and O–H groups in total. The van der Waals surface area contributed by atoms with Crippen molar-refractivity contribution in [3.63, 3.8) is 0 Å². The van der Waals surface area contributed by atoms with Gasteiger partial charge in [-0.15, -0.1) is 0 Å². The Morgan fingerprint density at radius 3 is 2.60 bits per heavy atom. The molecular weight excluding hydrogens is 314 g/mol. The van der Waals surface area contributed by atoms with Gasteiger partial charge in [0.1, 0.15) is 5.75 Å². The molecule has 25 heavy (non-hydrogen) atoms. The molecule has 0 amide bonds. The summed E-state index contributed by atoms with van der Waals surface area (Å²) in [6, 6.07) is 6.14. The van der Waals surface area contributed by atoms with E-state index >= 15 is 0 Å². The van der Waals surface area contributed by atoms with Crippen molar-refractivity contribution >= 4 is 5.97 Å². The van der Waals surface area contributed by atoms with Crippen molar-refractivity contribution in [1.29, 1.82) is 0 Å². The van der Waals surface area contributed by atoms with Crippen LogP contribution in [0, 0.1) is 6.92 Å². The van der Waals surface area contributed by atoms with Crippen LogP contribution in [0.15, 0.2) is 18.2 Å². The van der Waals surface area contributed by atoms with Crippen molar-refractivity contribution < 1.29 is 18.8 Å². The van der Waals surface area contributed by atoms with E-state index in [-0.39, 0.29) is 12.6 Å². The summed E-state index contributed by atoms with van der Waals surface area (Å²) in [5.74, 6) is 0.872. The van der Waals surface area contributed by atoms with Crippen molar-refractivity contribution in [3.05, 3.63) is 29.3 Å². The molecule has 140 valence electrons. The van der Waals surface area contributed by atoms with E-state index in [4.69, 9.17) is 9.47 Å². The first-order valence-corrected chi connectivity index (χ1v) is 9.62. The number of carbonyl (C=O) groups excluding carboxylic acids is 1. The smallest absolute Gasteiger partial charge is 0.344 e. The van der Waals surface area contributed by atoms with E-state index in [0.29, 0.717) is 12.5 Å². The largest absolute Gasteiger partial charge is 0.482 e. The Morgan fingerprint density at radius 1 is 1.20 bits per heavy atom. The molecule has 1 aliphatic heterocycles. The third-order valence-corrected chi connectivity index (χ3v) is 5.14. The summed E-state index contributed by atoms with van der Waals surface area (Å²) < 4.78 is 12.2. The molecule has 1 heterocycles. The summed E-state index contributed by atoms with van der Waals surface area (Å²) >= 11 is 0. The van der Waals surface area contributed by atoms with Crippen molar-refractivity contribution in [2.45, 2.75) is 52.4 Å². The second-order valence-corrected chi connectivity index (χ2v) is 7.91. The highest BCUT2D eigenvalue weighted by atomic mass is 16.6. The first kappa shape index (κ1) is 19.8. The van der Waals surface area contributed by atoms with Crippen molar-refractivity contribution in [3.8, 4) is 5.75 Å². The Bertz CT molecular complexity index is 562. The molecule has 0 spiro atoms. The average molecular weight is 349 g/mol. The topological polar surface area (TPSA) is 35.5 Å².